The standard InChI is InChI=1S/C12H17NO4/c1-3-5-9(12(16)17)13-7-6-10(14)11(15)8(13)4-2/h6-7,9,15H,3-5H2,1-2H3,(H,16,17). The van der Waals surface area contributed by atoms with Crippen molar-refractivity contribution in [2.24, 2.45) is 0 Å². The maximum absolute atomic E-state index is 11.3. The van der Waals surface area contributed by atoms with Gasteiger partial charge in [0.1, 0.15) is 6.04 Å². The van der Waals surface area contributed by atoms with Gasteiger partial charge in [0.15, 0.2) is 5.75 Å². The van der Waals surface area contributed by atoms with Crippen molar-refractivity contribution in [2.45, 2.75) is 39.2 Å². The molecule has 0 aromatic carbocycles. The minimum absolute atomic E-state index is 0.350. The Kier molecular flexibility index (Phi) is 4.31. The Hall–Kier alpha value is -1.78. The van der Waals surface area contributed by atoms with Gasteiger partial charge in [-0.1, -0.05) is 20.3 Å². The number of nitrogens with zero attached hydrogens (tertiary/aromatic N) is 1. The molecule has 0 bridgehead atoms. The van der Waals surface area contributed by atoms with E-state index in [-0.39, 0.29) is 5.75 Å². The fourth-order valence-corrected chi connectivity index (χ4v) is 1.88. The highest BCUT2D eigenvalue weighted by Crippen LogP contribution is 2.21. The summed E-state index contributed by atoms with van der Waals surface area (Å²) in [7, 11) is 0. The number of hydrogen-bond donors (Lipinski definition) is 2. The summed E-state index contributed by atoms with van der Waals surface area (Å²) in [6, 6.07) is 0.460. The number of pyridine rings is 1. The summed E-state index contributed by atoms with van der Waals surface area (Å²) < 4.78 is 1.47. The minimum Gasteiger partial charge on any atom is -0.503 e. The molecule has 1 aromatic rings. The first-order valence-electron chi connectivity index (χ1n) is 5.68. The zero-order valence-corrected chi connectivity index (χ0v) is 10.0. The van der Waals surface area contributed by atoms with E-state index in [0.29, 0.717) is 25.0 Å². The van der Waals surface area contributed by atoms with Crippen LogP contribution in [0.4, 0.5) is 0 Å². The number of carbonyl (C=O) groups is 1. The van der Waals surface area contributed by atoms with Gasteiger partial charge in [0, 0.05) is 12.3 Å². The van der Waals surface area contributed by atoms with Crippen LogP contribution in [0.25, 0.3) is 0 Å². The molecule has 94 valence electrons. The van der Waals surface area contributed by atoms with Gasteiger partial charge in [-0.05, 0) is 12.8 Å². The van der Waals surface area contributed by atoms with E-state index in [4.69, 9.17) is 5.11 Å². The molecule has 1 rings (SSSR count). The second-order valence-electron chi connectivity index (χ2n) is 3.88. The van der Waals surface area contributed by atoms with Crippen LogP contribution in [0, 0.1) is 0 Å². The van der Waals surface area contributed by atoms with Crippen molar-refractivity contribution in [2.75, 3.05) is 0 Å². The number of aromatic nitrogens is 1. The predicted octanol–water partition coefficient (Wildman–Crippen LogP) is 1.54. The van der Waals surface area contributed by atoms with E-state index in [1.54, 1.807) is 6.92 Å². The molecule has 0 aliphatic heterocycles. The number of hydrogen-bond acceptors (Lipinski definition) is 3. The summed E-state index contributed by atoms with van der Waals surface area (Å²) in [5.74, 6) is -1.30. The van der Waals surface area contributed by atoms with Crippen molar-refractivity contribution in [1.29, 1.82) is 0 Å². The Balaban J connectivity index is 3.33. The summed E-state index contributed by atoms with van der Waals surface area (Å²) in [5.41, 5.74) is -0.0999. The number of carboxylic acid groups (broad SMARTS) is 1. The van der Waals surface area contributed by atoms with Crippen LogP contribution in [0.2, 0.25) is 0 Å². The van der Waals surface area contributed by atoms with E-state index in [1.165, 1.54) is 16.8 Å². The molecule has 5 nitrogen and oxygen atoms in total. The molecule has 0 fully saturated rings. The van der Waals surface area contributed by atoms with Gasteiger partial charge < -0.3 is 14.8 Å². The maximum atomic E-state index is 11.3. The van der Waals surface area contributed by atoms with Gasteiger partial charge in [-0.2, -0.15) is 0 Å². The van der Waals surface area contributed by atoms with E-state index in [1.807, 2.05) is 6.92 Å². The van der Waals surface area contributed by atoms with Crippen molar-refractivity contribution in [3.05, 3.63) is 28.2 Å². The topological polar surface area (TPSA) is 79.5 Å². The second kappa shape index (κ2) is 5.52. The van der Waals surface area contributed by atoms with Gasteiger partial charge in [-0.3, -0.25) is 4.79 Å². The third-order valence-corrected chi connectivity index (χ3v) is 2.72. The van der Waals surface area contributed by atoms with Crippen LogP contribution in [0.5, 0.6) is 5.75 Å². The molecular weight excluding hydrogens is 222 g/mol. The van der Waals surface area contributed by atoms with Crippen molar-refractivity contribution in [3.63, 3.8) is 0 Å². The zero-order valence-electron chi connectivity index (χ0n) is 10.0. The molecule has 0 aliphatic carbocycles. The molecule has 1 aromatic heterocycles. The molecular formula is C12H17NO4. The Labute approximate surface area is 99.3 Å². The quantitative estimate of drug-likeness (QED) is 0.816. The van der Waals surface area contributed by atoms with Gasteiger partial charge in [-0.15, -0.1) is 0 Å². The number of rotatable bonds is 5. The van der Waals surface area contributed by atoms with Gasteiger partial charge >= 0.3 is 5.97 Å². The molecule has 1 atom stereocenters. The highest BCUT2D eigenvalue weighted by Gasteiger charge is 2.21. The average Bonchev–Trinajstić information content (AvgIpc) is 2.29. The molecule has 0 spiro atoms. The van der Waals surface area contributed by atoms with Crippen molar-refractivity contribution < 1.29 is 15.0 Å². The Morgan fingerprint density at radius 2 is 2.12 bits per heavy atom. The largest absolute Gasteiger partial charge is 0.503 e. The first-order valence-corrected chi connectivity index (χ1v) is 5.68. The van der Waals surface area contributed by atoms with Crippen LogP contribution in [-0.2, 0) is 11.2 Å². The summed E-state index contributed by atoms with van der Waals surface area (Å²) in [6.07, 6.45) is 3.03. The Morgan fingerprint density at radius 3 is 2.59 bits per heavy atom. The van der Waals surface area contributed by atoms with E-state index in [0.717, 1.165) is 0 Å². The summed E-state index contributed by atoms with van der Waals surface area (Å²) >= 11 is 0. The normalized spacial score (nSPS) is 12.4. The highest BCUT2D eigenvalue weighted by molar-refractivity contribution is 5.72. The van der Waals surface area contributed by atoms with Crippen LogP contribution >= 0.6 is 0 Å². The first kappa shape index (κ1) is 13.3. The number of aromatic hydroxyl groups is 1. The SMILES string of the molecule is CCCC(C(=O)O)n1ccc(=O)c(O)c1CC. The molecule has 0 saturated carbocycles. The molecule has 17 heavy (non-hydrogen) atoms. The van der Waals surface area contributed by atoms with Crippen LogP contribution in [0.1, 0.15) is 38.4 Å². The Morgan fingerprint density at radius 1 is 1.47 bits per heavy atom. The molecule has 5 heteroatoms. The van der Waals surface area contributed by atoms with Gasteiger partial charge in [0.25, 0.3) is 0 Å². The van der Waals surface area contributed by atoms with Crippen LogP contribution in [0.3, 0.4) is 0 Å². The lowest BCUT2D eigenvalue weighted by molar-refractivity contribution is -0.141. The van der Waals surface area contributed by atoms with Gasteiger partial charge in [0.2, 0.25) is 5.43 Å². The van der Waals surface area contributed by atoms with Gasteiger partial charge in [0.05, 0.1) is 5.69 Å². The van der Waals surface area contributed by atoms with E-state index >= 15 is 0 Å². The fraction of sp³-hybridized carbons (Fsp3) is 0.500. The summed E-state index contributed by atoms with van der Waals surface area (Å²) in [5, 5.41) is 18.8. The van der Waals surface area contributed by atoms with E-state index < -0.39 is 17.4 Å². The van der Waals surface area contributed by atoms with Crippen LogP contribution < -0.4 is 5.43 Å². The summed E-state index contributed by atoms with van der Waals surface area (Å²) in [4.78, 5) is 22.5. The average molecular weight is 239 g/mol. The number of aliphatic carboxylic acids is 1. The van der Waals surface area contributed by atoms with E-state index in [9.17, 15) is 14.7 Å². The monoisotopic (exact) mass is 239 g/mol. The van der Waals surface area contributed by atoms with Gasteiger partial charge in [-0.25, -0.2) is 4.79 Å². The van der Waals surface area contributed by atoms with Crippen LogP contribution in [0.15, 0.2) is 17.1 Å². The third kappa shape index (κ3) is 2.67. The zero-order chi connectivity index (χ0) is 13.0. The third-order valence-electron chi connectivity index (χ3n) is 2.72. The lowest BCUT2D eigenvalue weighted by Gasteiger charge is -2.20. The van der Waals surface area contributed by atoms with Crippen molar-refractivity contribution >= 4 is 5.97 Å². The smallest absolute Gasteiger partial charge is 0.326 e. The minimum atomic E-state index is -0.954. The summed E-state index contributed by atoms with van der Waals surface area (Å²) in [6.45, 7) is 3.67. The highest BCUT2D eigenvalue weighted by atomic mass is 16.4. The molecule has 1 heterocycles. The van der Waals surface area contributed by atoms with E-state index in [2.05, 4.69) is 0 Å². The lowest BCUT2D eigenvalue weighted by atomic mass is 10.1. The molecule has 1 unspecified atom stereocenters. The molecule has 0 radical (unpaired) electrons. The fourth-order valence-electron chi connectivity index (χ4n) is 1.88. The Bertz CT molecular complexity index is 464. The molecule has 2 N–H and O–H groups in total. The second-order valence-corrected chi connectivity index (χ2v) is 3.88. The molecule has 0 aliphatic rings. The first-order chi connectivity index (χ1) is 8.02. The molecule has 0 amide bonds. The maximum Gasteiger partial charge on any atom is 0.326 e. The van der Waals surface area contributed by atoms with Crippen molar-refractivity contribution in [1.82, 2.24) is 4.57 Å². The number of carboxylic acids is 1. The predicted molar refractivity (Wildman–Crippen MR) is 63.3 cm³/mol. The van der Waals surface area contributed by atoms with Crippen molar-refractivity contribution in [3.8, 4) is 5.75 Å². The lowest BCUT2D eigenvalue weighted by Crippen LogP contribution is -2.23. The van der Waals surface area contributed by atoms with Crippen LogP contribution in [-0.4, -0.2) is 20.7 Å². The molecule has 0 saturated heterocycles.